The van der Waals surface area contributed by atoms with Crippen LogP contribution in [0, 0.1) is 5.82 Å². The molecule has 0 aliphatic rings. The molecule has 0 fully saturated rings. The number of halogens is 1. The summed E-state index contributed by atoms with van der Waals surface area (Å²) in [5, 5.41) is 5.30. The summed E-state index contributed by atoms with van der Waals surface area (Å²) in [6.45, 7) is 0.568. The number of hydrogen-bond donors (Lipinski definition) is 2. The van der Waals surface area contributed by atoms with Crippen LogP contribution in [-0.2, 0) is 11.2 Å². The van der Waals surface area contributed by atoms with Gasteiger partial charge in [-0.2, -0.15) is 0 Å². The summed E-state index contributed by atoms with van der Waals surface area (Å²) in [7, 11) is 0. The van der Waals surface area contributed by atoms with Crippen LogP contribution in [0.2, 0.25) is 0 Å². The van der Waals surface area contributed by atoms with Crippen LogP contribution < -0.4 is 10.6 Å². The molecule has 0 atom stereocenters. The van der Waals surface area contributed by atoms with E-state index >= 15 is 0 Å². The third-order valence-electron chi connectivity index (χ3n) is 3.33. The highest BCUT2D eigenvalue weighted by Gasteiger charge is 2.09. The van der Waals surface area contributed by atoms with E-state index in [2.05, 4.69) is 10.6 Å². The molecule has 23 heavy (non-hydrogen) atoms. The van der Waals surface area contributed by atoms with Crippen molar-refractivity contribution in [3.8, 4) is 0 Å². The molecule has 0 aliphatic carbocycles. The Balaban J connectivity index is 1.64. The van der Waals surface area contributed by atoms with E-state index in [9.17, 15) is 14.0 Å². The van der Waals surface area contributed by atoms with Crippen molar-refractivity contribution >= 4 is 11.8 Å². The van der Waals surface area contributed by atoms with E-state index in [1.165, 1.54) is 18.2 Å². The zero-order chi connectivity index (χ0) is 16.5. The van der Waals surface area contributed by atoms with Gasteiger partial charge in [-0.15, -0.1) is 0 Å². The monoisotopic (exact) mass is 314 g/mol. The standard InChI is InChI=1S/C18H19FN2O2/c19-16-9-5-4-8-15(16)18(23)21-13-12-20-17(22)11-10-14-6-2-1-3-7-14/h1-9H,10-13H2,(H,20,22)(H,21,23). The molecule has 0 radical (unpaired) electrons. The van der Waals surface area contributed by atoms with Crippen LogP contribution in [0.15, 0.2) is 54.6 Å². The van der Waals surface area contributed by atoms with Gasteiger partial charge in [-0.3, -0.25) is 9.59 Å². The number of carbonyl (C=O) groups is 2. The highest BCUT2D eigenvalue weighted by atomic mass is 19.1. The van der Waals surface area contributed by atoms with E-state index in [0.717, 1.165) is 5.56 Å². The fourth-order valence-electron chi connectivity index (χ4n) is 2.11. The third-order valence-corrected chi connectivity index (χ3v) is 3.33. The maximum atomic E-state index is 13.4. The Kier molecular flexibility index (Phi) is 6.29. The van der Waals surface area contributed by atoms with Crippen molar-refractivity contribution in [1.82, 2.24) is 10.6 Å². The highest BCUT2D eigenvalue weighted by Crippen LogP contribution is 2.05. The average Bonchev–Trinajstić information content (AvgIpc) is 2.58. The van der Waals surface area contributed by atoms with E-state index in [4.69, 9.17) is 0 Å². The predicted molar refractivity (Wildman–Crippen MR) is 86.5 cm³/mol. The first kappa shape index (κ1) is 16.7. The number of amides is 2. The molecule has 2 rings (SSSR count). The van der Waals surface area contributed by atoms with Crippen molar-refractivity contribution in [2.75, 3.05) is 13.1 Å². The molecule has 0 aromatic heterocycles. The number of hydrogen-bond acceptors (Lipinski definition) is 2. The quantitative estimate of drug-likeness (QED) is 0.771. The number of nitrogens with one attached hydrogen (secondary N) is 2. The normalized spacial score (nSPS) is 10.1. The molecule has 0 spiro atoms. The van der Waals surface area contributed by atoms with Gasteiger partial charge in [0.1, 0.15) is 5.82 Å². The maximum absolute atomic E-state index is 13.4. The first-order valence-electron chi connectivity index (χ1n) is 7.50. The van der Waals surface area contributed by atoms with Crippen LogP contribution in [-0.4, -0.2) is 24.9 Å². The first-order valence-corrected chi connectivity index (χ1v) is 7.50. The van der Waals surface area contributed by atoms with Crippen molar-refractivity contribution in [1.29, 1.82) is 0 Å². The summed E-state index contributed by atoms with van der Waals surface area (Å²) in [5.41, 5.74) is 1.11. The van der Waals surface area contributed by atoms with Crippen LogP contribution >= 0.6 is 0 Å². The summed E-state index contributed by atoms with van der Waals surface area (Å²) in [6, 6.07) is 15.5. The first-order chi connectivity index (χ1) is 11.2. The lowest BCUT2D eigenvalue weighted by Crippen LogP contribution is -2.35. The second-order valence-corrected chi connectivity index (χ2v) is 5.07. The fraction of sp³-hybridized carbons (Fsp3) is 0.222. The van der Waals surface area contributed by atoms with Gasteiger partial charge in [0.25, 0.3) is 5.91 Å². The van der Waals surface area contributed by atoms with Gasteiger partial charge >= 0.3 is 0 Å². The molecule has 4 nitrogen and oxygen atoms in total. The molecule has 2 N–H and O–H groups in total. The molecule has 120 valence electrons. The van der Waals surface area contributed by atoms with Crippen LogP contribution in [0.5, 0.6) is 0 Å². The van der Waals surface area contributed by atoms with Crippen LogP contribution in [0.25, 0.3) is 0 Å². The van der Waals surface area contributed by atoms with Gasteiger partial charge in [0.05, 0.1) is 5.56 Å². The molecule has 2 aromatic rings. The molecular weight excluding hydrogens is 295 g/mol. The van der Waals surface area contributed by atoms with Crippen molar-refractivity contribution in [2.24, 2.45) is 0 Å². The van der Waals surface area contributed by atoms with Gasteiger partial charge in [-0.1, -0.05) is 42.5 Å². The molecule has 0 saturated carbocycles. The van der Waals surface area contributed by atoms with Gasteiger partial charge in [0.15, 0.2) is 0 Å². The molecule has 2 aromatic carbocycles. The average molecular weight is 314 g/mol. The van der Waals surface area contributed by atoms with Gasteiger partial charge < -0.3 is 10.6 Å². The summed E-state index contributed by atoms with van der Waals surface area (Å²) >= 11 is 0. The van der Waals surface area contributed by atoms with E-state index in [1.54, 1.807) is 6.07 Å². The molecular formula is C18H19FN2O2. The fourth-order valence-corrected chi connectivity index (χ4v) is 2.11. The smallest absolute Gasteiger partial charge is 0.254 e. The summed E-state index contributed by atoms with van der Waals surface area (Å²) in [5.74, 6) is -1.12. The van der Waals surface area contributed by atoms with Crippen molar-refractivity contribution < 1.29 is 14.0 Å². The molecule has 0 aliphatic heterocycles. The molecule has 0 saturated heterocycles. The van der Waals surface area contributed by atoms with Gasteiger partial charge in [0.2, 0.25) is 5.91 Å². The minimum absolute atomic E-state index is 0.00269. The Morgan fingerprint density at radius 2 is 1.52 bits per heavy atom. The molecule has 0 heterocycles. The van der Waals surface area contributed by atoms with E-state index < -0.39 is 11.7 Å². The van der Waals surface area contributed by atoms with E-state index in [1.807, 2.05) is 30.3 Å². The highest BCUT2D eigenvalue weighted by molar-refractivity contribution is 5.94. The Bertz CT molecular complexity index is 659. The zero-order valence-corrected chi connectivity index (χ0v) is 12.7. The van der Waals surface area contributed by atoms with Gasteiger partial charge in [0, 0.05) is 19.5 Å². The van der Waals surface area contributed by atoms with Crippen molar-refractivity contribution in [2.45, 2.75) is 12.8 Å². The minimum atomic E-state index is -0.558. The maximum Gasteiger partial charge on any atom is 0.254 e. The van der Waals surface area contributed by atoms with Crippen LogP contribution in [0.3, 0.4) is 0 Å². The summed E-state index contributed by atoms with van der Waals surface area (Å²) in [6.07, 6.45) is 1.07. The third kappa shape index (κ3) is 5.54. The lowest BCUT2D eigenvalue weighted by Gasteiger charge is -2.08. The molecule has 0 bridgehead atoms. The number of rotatable bonds is 7. The minimum Gasteiger partial charge on any atom is -0.354 e. The Hall–Kier alpha value is -2.69. The van der Waals surface area contributed by atoms with Crippen LogP contribution in [0.1, 0.15) is 22.3 Å². The van der Waals surface area contributed by atoms with Crippen molar-refractivity contribution in [3.05, 3.63) is 71.5 Å². The topological polar surface area (TPSA) is 58.2 Å². The predicted octanol–water partition coefficient (Wildman–Crippen LogP) is 2.30. The second-order valence-electron chi connectivity index (χ2n) is 5.07. The van der Waals surface area contributed by atoms with E-state index in [-0.39, 0.29) is 18.0 Å². The number of carbonyl (C=O) groups excluding carboxylic acids is 2. The molecule has 2 amide bonds. The second kappa shape index (κ2) is 8.68. The van der Waals surface area contributed by atoms with Gasteiger partial charge in [-0.05, 0) is 24.1 Å². The number of aryl methyl sites for hydroxylation is 1. The SMILES string of the molecule is O=C(CCc1ccccc1)NCCNC(=O)c1ccccc1F. The molecule has 5 heteroatoms. The summed E-state index contributed by atoms with van der Waals surface area (Å²) in [4.78, 5) is 23.5. The molecule has 0 unspecified atom stereocenters. The Morgan fingerprint density at radius 1 is 0.870 bits per heavy atom. The lowest BCUT2D eigenvalue weighted by molar-refractivity contribution is -0.121. The Morgan fingerprint density at radius 3 is 2.26 bits per heavy atom. The largest absolute Gasteiger partial charge is 0.354 e. The van der Waals surface area contributed by atoms with Gasteiger partial charge in [-0.25, -0.2) is 4.39 Å². The lowest BCUT2D eigenvalue weighted by atomic mass is 10.1. The van der Waals surface area contributed by atoms with Crippen LogP contribution in [0.4, 0.5) is 4.39 Å². The summed E-state index contributed by atoms with van der Waals surface area (Å²) < 4.78 is 13.4. The zero-order valence-electron chi connectivity index (χ0n) is 12.7. The Labute approximate surface area is 134 Å². The van der Waals surface area contributed by atoms with Crippen molar-refractivity contribution in [3.63, 3.8) is 0 Å². The van der Waals surface area contributed by atoms with E-state index in [0.29, 0.717) is 19.4 Å². The number of benzene rings is 2.